The molecule has 0 aromatic heterocycles. The van der Waals surface area contributed by atoms with Gasteiger partial charge in [-0.3, -0.25) is 9.59 Å². The van der Waals surface area contributed by atoms with Gasteiger partial charge < -0.3 is 19.7 Å². The molecule has 1 atom stereocenters. The summed E-state index contributed by atoms with van der Waals surface area (Å²) in [7, 11) is 3.17. The minimum absolute atomic E-state index is 0.147. The lowest BCUT2D eigenvalue weighted by Gasteiger charge is -2.30. The summed E-state index contributed by atoms with van der Waals surface area (Å²) in [6.07, 6.45) is 0.514. The molecule has 28 heavy (non-hydrogen) atoms. The van der Waals surface area contributed by atoms with Gasteiger partial charge in [0.1, 0.15) is 17.5 Å². The minimum atomic E-state index is -0.559. The van der Waals surface area contributed by atoms with Gasteiger partial charge in [0.2, 0.25) is 5.91 Å². The van der Waals surface area contributed by atoms with Crippen LogP contribution in [0.5, 0.6) is 11.5 Å². The highest BCUT2D eigenvalue weighted by Crippen LogP contribution is 2.19. The zero-order valence-electron chi connectivity index (χ0n) is 16.9. The fourth-order valence-electron chi connectivity index (χ4n) is 2.96. The normalized spacial score (nSPS) is 11.4. The Morgan fingerprint density at radius 1 is 1.07 bits per heavy atom. The first-order chi connectivity index (χ1) is 13.5. The summed E-state index contributed by atoms with van der Waals surface area (Å²) in [5.41, 5.74) is 2.07. The molecule has 6 heteroatoms. The van der Waals surface area contributed by atoms with Crippen molar-refractivity contribution in [1.29, 1.82) is 0 Å². The Bertz CT molecular complexity index is 789. The summed E-state index contributed by atoms with van der Waals surface area (Å²) in [4.78, 5) is 26.9. The second kappa shape index (κ2) is 10.3. The van der Waals surface area contributed by atoms with Crippen molar-refractivity contribution in [2.45, 2.75) is 32.9 Å². The van der Waals surface area contributed by atoms with Crippen molar-refractivity contribution in [2.24, 2.45) is 0 Å². The zero-order valence-corrected chi connectivity index (χ0v) is 16.9. The molecule has 2 aromatic carbocycles. The number of likely N-dealkylation sites (N-methyl/N-ethyl adjacent to an activating group) is 1. The molecule has 0 aliphatic heterocycles. The van der Waals surface area contributed by atoms with Gasteiger partial charge in [0.25, 0.3) is 5.91 Å². The van der Waals surface area contributed by atoms with E-state index in [-0.39, 0.29) is 18.4 Å². The number of benzene rings is 2. The second-order valence-electron chi connectivity index (χ2n) is 6.45. The van der Waals surface area contributed by atoms with E-state index in [1.165, 1.54) is 0 Å². The van der Waals surface area contributed by atoms with E-state index in [0.717, 1.165) is 11.1 Å². The maximum atomic E-state index is 13.0. The monoisotopic (exact) mass is 384 g/mol. The van der Waals surface area contributed by atoms with Gasteiger partial charge in [-0.25, -0.2) is 0 Å². The minimum Gasteiger partial charge on any atom is -0.497 e. The van der Waals surface area contributed by atoms with Crippen LogP contribution in [0.25, 0.3) is 0 Å². The Morgan fingerprint density at radius 3 is 2.29 bits per heavy atom. The van der Waals surface area contributed by atoms with Crippen molar-refractivity contribution in [3.8, 4) is 11.5 Å². The van der Waals surface area contributed by atoms with E-state index in [9.17, 15) is 9.59 Å². The van der Waals surface area contributed by atoms with Gasteiger partial charge >= 0.3 is 0 Å². The van der Waals surface area contributed by atoms with Gasteiger partial charge in [-0.2, -0.15) is 0 Å². The molecular formula is C22H28N2O4. The Kier molecular flexibility index (Phi) is 7.87. The van der Waals surface area contributed by atoms with Crippen LogP contribution in [-0.2, 0) is 16.1 Å². The lowest BCUT2D eigenvalue weighted by molar-refractivity contribution is -0.142. The Morgan fingerprint density at radius 2 is 1.71 bits per heavy atom. The second-order valence-corrected chi connectivity index (χ2v) is 6.45. The maximum Gasteiger partial charge on any atom is 0.261 e. The van der Waals surface area contributed by atoms with Crippen LogP contribution in [0, 0.1) is 6.92 Å². The average molecular weight is 384 g/mol. The van der Waals surface area contributed by atoms with Gasteiger partial charge in [0.15, 0.2) is 6.61 Å². The molecule has 0 radical (unpaired) electrons. The first kappa shape index (κ1) is 21.3. The molecule has 2 amide bonds. The highest BCUT2D eigenvalue weighted by atomic mass is 16.5. The van der Waals surface area contributed by atoms with E-state index >= 15 is 0 Å². The highest BCUT2D eigenvalue weighted by Gasteiger charge is 2.28. The van der Waals surface area contributed by atoms with E-state index in [1.54, 1.807) is 43.3 Å². The van der Waals surface area contributed by atoms with E-state index < -0.39 is 6.04 Å². The van der Waals surface area contributed by atoms with Crippen LogP contribution >= 0.6 is 0 Å². The fraction of sp³-hybridized carbons (Fsp3) is 0.364. The van der Waals surface area contributed by atoms with Crippen molar-refractivity contribution in [2.75, 3.05) is 20.8 Å². The number of hydrogen-bond acceptors (Lipinski definition) is 4. The van der Waals surface area contributed by atoms with E-state index in [2.05, 4.69) is 5.32 Å². The molecule has 0 bridgehead atoms. The van der Waals surface area contributed by atoms with Crippen LogP contribution in [0.2, 0.25) is 0 Å². The quantitative estimate of drug-likeness (QED) is 0.722. The molecule has 0 spiro atoms. The number of hydrogen-bond donors (Lipinski definition) is 1. The van der Waals surface area contributed by atoms with Crippen LogP contribution in [0.4, 0.5) is 0 Å². The Hall–Kier alpha value is -3.02. The Balaban J connectivity index is 2.17. The number of carbonyl (C=O) groups excluding carboxylic acids is 2. The molecule has 150 valence electrons. The number of aryl methyl sites for hydroxylation is 1. The third-order valence-electron chi connectivity index (χ3n) is 4.66. The first-order valence-electron chi connectivity index (χ1n) is 9.32. The van der Waals surface area contributed by atoms with E-state index in [0.29, 0.717) is 24.5 Å². The van der Waals surface area contributed by atoms with Crippen molar-refractivity contribution in [3.05, 3.63) is 59.7 Å². The average Bonchev–Trinajstić information content (AvgIpc) is 2.73. The smallest absolute Gasteiger partial charge is 0.261 e. The summed E-state index contributed by atoms with van der Waals surface area (Å²) >= 11 is 0. The van der Waals surface area contributed by atoms with Crippen LogP contribution in [-0.4, -0.2) is 43.5 Å². The fourth-order valence-corrected chi connectivity index (χ4v) is 2.96. The topological polar surface area (TPSA) is 67.9 Å². The number of rotatable bonds is 9. The van der Waals surface area contributed by atoms with Crippen LogP contribution in [0.15, 0.2) is 48.5 Å². The lowest BCUT2D eigenvalue weighted by Crippen LogP contribution is -2.49. The molecule has 2 aromatic rings. The molecule has 0 aliphatic carbocycles. The number of amides is 2. The highest BCUT2D eigenvalue weighted by molar-refractivity contribution is 5.88. The molecule has 0 aliphatic rings. The van der Waals surface area contributed by atoms with Crippen LogP contribution < -0.4 is 14.8 Å². The van der Waals surface area contributed by atoms with Crippen LogP contribution in [0.3, 0.4) is 0 Å². The summed E-state index contributed by atoms with van der Waals surface area (Å²) < 4.78 is 10.8. The number of nitrogens with one attached hydrogen (secondary N) is 1. The number of ether oxygens (including phenoxy) is 2. The van der Waals surface area contributed by atoms with Gasteiger partial charge in [0, 0.05) is 13.6 Å². The predicted molar refractivity (Wildman–Crippen MR) is 108 cm³/mol. The molecule has 0 saturated heterocycles. The molecule has 0 saturated carbocycles. The van der Waals surface area contributed by atoms with E-state index in [4.69, 9.17) is 9.47 Å². The van der Waals surface area contributed by atoms with Gasteiger partial charge in [-0.05, 0) is 48.7 Å². The summed E-state index contributed by atoms with van der Waals surface area (Å²) in [6, 6.07) is 14.3. The largest absolute Gasteiger partial charge is 0.497 e. The molecule has 2 rings (SSSR count). The number of methoxy groups -OCH3 is 1. The number of carbonyl (C=O) groups is 2. The van der Waals surface area contributed by atoms with Crippen molar-refractivity contribution < 1.29 is 19.1 Å². The van der Waals surface area contributed by atoms with Gasteiger partial charge in [0.05, 0.1) is 7.11 Å². The SMILES string of the molecule is CC[C@@H](C(=O)NC)N(Cc1ccccc1C)C(=O)COc1ccc(OC)cc1. The Labute approximate surface area is 166 Å². The molecular weight excluding hydrogens is 356 g/mol. The molecule has 0 heterocycles. The van der Waals surface area contributed by atoms with Crippen molar-refractivity contribution in [3.63, 3.8) is 0 Å². The lowest BCUT2D eigenvalue weighted by atomic mass is 10.1. The van der Waals surface area contributed by atoms with Gasteiger partial charge in [-0.1, -0.05) is 31.2 Å². The zero-order chi connectivity index (χ0) is 20.5. The molecule has 0 fully saturated rings. The number of nitrogens with zero attached hydrogens (tertiary/aromatic N) is 1. The molecule has 0 unspecified atom stereocenters. The summed E-state index contributed by atoms with van der Waals surface area (Å²) in [5.74, 6) is 0.854. The third kappa shape index (κ3) is 5.49. The summed E-state index contributed by atoms with van der Waals surface area (Å²) in [6.45, 7) is 4.09. The van der Waals surface area contributed by atoms with Gasteiger partial charge in [-0.15, -0.1) is 0 Å². The summed E-state index contributed by atoms with van der Waals surface area (Å²) in [5, 5.41) is 2.65. The predicted octanol–water partition coefficient (Wildman–Crippen LogP) is 2.94. The molecule has 6 nitrogen and oxygen atoms in total. The van der Waals surface area contributed by atoms with E-state index in [1.807, 2.05) is 38.1 Å². The first-order valence-corrected chi connectivity index (χ1v) is 9.32. The van der Waals surface area contributed by atoms with Crippen molar-refractivity contribution in [1.82, 2.24) is 10.2 Å². The standard InChI is InChI=1S/C22H28N2O4/c1-5-20(22(26)23-3)24(14-17-9-7-6-8-16(17)2)21(25)15-28-19-12-10-18(27-4)11-13-19/h6-13,20H,5,14-15H2,1-4H3,(H,23,26)/t20-/m0/s1. The van der Waals surface area contributed by atoms with Crippen LogP contribution in [0.1, 0.15) is 24.5 Å². The van der Waals surface area contributed by atoms with Crippen molar-refractivity contribution >= 4 is 11.8 Å². The molecule has 1 N–H and O–H groups in total. The maximum absolute atomic E-state index is 13.0. The third-order valence-corrected chi connectivity index (χ3v) is 4.66.